The number of rotatable bonds is 1. The van der Waals surface area contributed by atoms with Crippen molar-refractivity contribution in [1.29, 1.82) is 5.26 Å². The fourth-order valence-corrected chi connectivity index (χ4v) is 2.35. The number of likely N-dealkylation sites (tertiary alicyclic amines) is 1. The van der Waals surface area contributed by atoms with Gasteiger partial charge < -0.3 is 4.90 Å². The fourth-order valence-electron chi connectivity index (χ4n) is 2.35. The molecule has 4 nitrogen and oxygen atoms in total. The van der Waals surface area contributed by atoms with Gasteiger partial charge in [-0.25, -0.2) is 4.98 Å². The highest BCUT2D eigenvalue weighted by atomic mass is 16.2. The van der Waals surface area contributed by atoms with E-state index in [1.807, 2.05) is 11.0 Å². The Labute approximate surface area is 107 Å². The molecule has 0 N–H and O–H groups in total. The van der Waals surface area contributed by atoms with Crippen molar-refractivity contribution in [1.82, 2.24) is 9.88 Å². The molecule has 0 spiro atoms. The lowest BCUT2D eigenvalue weighted by Gasteiger charge is -2.37. The molecule has 1 aromatic heterocycles. The van der Waals surface area contributed by atoms with Gasteiger partial charge in [-0.15, -0.1) is 0 Å². The lowest BCUT2D eigenvalue weighted by atomic mass is 9.84. The average molecular weight is 243 g/mol. The number of aromatic nitrogens is 1. The Morgan fingerprint density at radius 2 is 2.28 bits per heavy atom. The van der Waals surface area contributed by atoms with E-state index < -0.39 is 0 Å². The third-order valence-electron chi connectivity index (χ3n) is 3.30. The van der Waals surface area contributed by atoms with Gasteiger partial charge in [0.2, 0.25) is 0 Å². The second-order valence-electron chi connectivity index (χ2n) is 5.54. The van der Waals surface area contributed by atoms with Crippen molar-refractivity contribution in [3.05, 3.63) is 29.6 Å². The molecule has 1 amide bonds. The van der Waals surface area contributed by atoms with Gasteiger partial charge in [0.15, 0.2) is 0 Å². The summed E-state index contributed by atoms with van der Waals surface area (Å²) in [4.78, 5) is 18.2. The largest absolute Gasteiger partial charge is 0.337 e. The lowest BCUT2D eigenvalue weighted by Crippen LogP contribution is -2.43. The molecular weight excluding hydrogens is 226 g/mol. The molecule has 2 rings (SSSR count). The predicted octanol–water partition coefficient (Wildman–Crippen LogP) is 2.22. The van der Waals surface area contributed by atoms with Crippen LogP contribution in [-0.2, 0) is 0 Å². The first-order valence-corrected chi connectivity index (χ1v) is 6.17. The maximum Gasteiger partial charge on any atom is 0.272 e. The minimum atomic E-state index is -0.0349. The van der Waals surface area contributed by atoms with Crippen LogP contribution in [0.5, 0.6) is 0 Å². The van der Waals surface area contributed by atoms with E-state index in [-0.39, 0.29) is 11.3 Å². The number of hydrogen-bond acceptors (Lipinski definition) is 3. The highest BCUT2D eigenvalue weighted by Gasteiger charge is 2.29. The van der Waals surface area contributed by atoms with Crippen molar-refractivity contribution in [2.45, 2.75) is 26.7 Å². The number of piperidine rings is 1. The molecule has 1 aromatic rings. The monoisotopic (exact) mass is 243 g/mol. The van der Waals surface area contributed by atoms with E-state index in [9.17, 15) is 4.79 Å². The summed E-state index contributed by atoms with van der Waals surface area (Å²) >= 11 is 0. The van der Waals surface area contributed by atoms with Crippen molar-refractivity contribution in [2.24, 2.45) is 5.41 Å². The van der Waals surface area contributed by atoms with E-state index in [0.717, 1.165) is 25.9 Å². The Hall–Kier alpha value is -1.89. The topological polar surface area (TPSA) is 57.0 Å². The molecule has 0 aromatic carbocycles. The standard InChI is InChI=1S/C14H17N3O/c1-14(2)6-3-7-17(10-14)13(18)12-5-4-11(8-15)9-16-12/h4-5,9H,3,6-7,10H2,1-2H3. The third-order valence-corrected chi connectivity index (χ3v) is 3.30. The molecule has 18 heavy (non-hydrogen) atoms. The molecular formula is C14H17N3O. The van der Waals surface area contributed by atoms with Crippen LogP contribution < -0.4 is 0 Å². The second-order valence-corrected chi connectivity index (χ2v) is 5.54. The van der Waals surface area contributed by atoms with Crippen LogP contribution in [0.1, 0.15) is 42.7 Å². The molecule has 1 aliphatic heterocycles. The molecule has 2 heterocycles. The molecule has 4 heteroatoms. The first-order valence-electron chi connectivity index (χ1n) is 6.17. The van der Waals surface area contributed by atoms with Crippen LogP contribution in [0.3, 0.4) is 0 Å². The number of carbonyl (C=O) groups is 1. The van der Waals surface area contributed by atoms with E-state index in [2.05, 4.69) is 18.8 Å². The summed E-state index contributed by atoms with van der Waals surface area (Å²) in [5.74, 6) is -0.0349. The van der Waals surface area contributed by atoms with Crippen LogP contribution in [0.25, 0.3) is 0 Å². The van der Waals surface area contributed by atoms with Crippen LogP contribution >= 0.6 is 0 Å². The Morgan fingerprint density at radius 3 is 2.83 bits per heavy atom. The highest BCUT2D eigenvalue weighted by Crippen LogP contribution is 2.28. The average Bonchev–Trinajstić information content (AvgIpc) is 2.37. The number of hydrogen-bond donors (Lipinski definition) is 0. The minimum absolute atomic E-state index is 0.0349. The zero-order valence-electron chi connectivity index (χ0n) is 10.8. The quantitative estimate of drug-likeness (QED) is 0.760. The molecule has 94 valence electrons. The first-order chi connectivity index (χ1) is 8.52. The summed E-state index contributed by atoms with van der Waals surface area (Å²) in [5, 5.41) is 8.70. The molecule has 0 saturated carbocycles. The summed E-state index contributed by atoms with van der Waals surface area (Å²) < 4.78 is 0. The number of amides is 1. The van der Waals surface area contributed by atoms with Crippen molar-refractivity contribution in [2.75, 3.05) is 13.1 Å². The number of pyridine rings is 1. The Morgan fingerprint density at radius 1 is 1.50 bits per heavy atom. The van der Waals surface area contributed by atoms with Gasteiger partial charge in [0, 0.05) is 19.3 Å². The Bertz CT molecular complexity index is 485. The molecule has 0 unspecified atom stereocenters. The van der Waals surface area contributed by atoms with Crippen LogP contribution in [0.4, 0.5) is 0 Å². The van der Waals surface area contributed by atoms with E-state index in [1.165, 1.54) is 6.20 Å². The normalized spacial score (nSPS) is 18.2. The van der Waals surface area contributed by atoms with E-state index in [0.29, 0.717) is 11.3 Å². The summed E-state index contributed by atoms with van der Waals surface area (Å²) in [7, 11) is 0. The Kier molecular flexibility index (Phi) is 3.33. The van der Waals surface area contributed by atoms with Gasteiger partial charge in [0.05, 0.1) is 5.56 Å². The van der Waals surface area contributed by atoms with E-state index in [4.69, 9.17) is 5.26 Å². The highest BCUT2D eigenvalue weighted by molar-refractivity contribution is 5.92. The van der Waals surface area contributed by atoms with Crippen molar-refractivity contribution in [3.63, 3.8) is 0 Å². The lowest BCUT2D eigenvalue weighted by molar-refractivity contribution is 0.0577. The van der Waals surface area contributed by atoms with Crippen molar-refractivity contribution in [3.8, 4) is 6.07 Å². The van der Waals surface area contributed by atoms with Crippen molar-refractivity contribution < 1.29 is 4.79 Å². The number of nitriles is 1. The van der Waals surface area contributed by atoms with Gasteiger partial charge in [-0.3, -0.25) is 4.79 Å². The minimum Gasteiger partial charge on any atom is -0.337 e. The molecule has 0 atom stereocenters. The number of carbonyl (C=O) groups excluding carboxylic acids is 1. The van der Waals surface area contributed by atoms with E-state index >= 15 is 0 Å². The molecule has 1 aliphatic rings. The van der Waals surface area contributed by atoms with Crippen LogP contribution in [0, 0.1) is 16.7 Å². The molecule has 1 saturated heterocycles. The molecule has 0 aliphatic carbocycles. The van der Waals surface area contributed by atoms with Gasteiger partial charge in [0.1, 0.15) is 11.8 Å². The first kappa shape index (κ1) is 12.6. The summed E-state index contributed by atoms with van der Waals surface area (Å²) in [6, 6.07) is 5.26. The molecule has 1 fully saturated rings. The van der Waals surface area contributed by atoms with Crippen LogP contribution in [0.2, 0.25) is 0 Å². The molecule has 0 bridgehead atoms. The zero-order valence-corrected chi connectivity index (χ0v) is 10.8. The van der Waals surface area contributed by atoms with Gasteiger partial charge in [-0.2, -0.15) is 5.26 Å². The van der Waals surface area contributed by atoms with Gasteiger partial charge in [0.25, 0.3) is 5.91 Å². The van der Waals surface area contributed by atoms with Crippen LogP contribution in [0.15, 0.2) is 18.3 Å². The zero-order chi connectivity index (χ0) is 13.2. The summed E-state index contributed by atoms with van der Waals surface area (Å²) in [6.45, 7) is 5.93. The van der Waals surface area contributed by atoms with Gasteiger partial charge in [-0.05, 0) is 30.4 Å². The fraction of sp³-hybridized carbons (Fsp3) is 0.500. The maximum atomic E-state index is 12.3. The number of nitrogens with zero attached hydrogens (tertiary/aromatic N) is 3. The summed E-state index contributed by atoms with van der Waals surface area (Å²) in [5.41, 5.74) is 1.08. The third kappa shape index (κ3) is 2.67. The van der Waals surface area contributed by atoms with E-state index in [1.54, 1.807) is 12.1 Å². The summed E-state index contributed by atoms with van der Waals surface area (Å²) in [6.07, 6.45) is 3.63. The molecule has 0 radical (unpaired) electrons. The maximum absolute atomic E-state index is 12.3. The van der Waals surface area contributed by atoms with Gasteiger partial charge >= 0.3 is 0 Å². The van der Waals surface area contributed by atoms with Gasteiger partial charge in [-0.1, -0.05) is 13.8 Å². The Balaban J connectivity index is 2.13. The van der Waals surface area contributed by atoms with Crippen LogP contribution in [-0.4, -0.2) is 28.9 Å². The predicted molar refractivity (Wildman–Crippen MR) is 67.9 cm³/mol. The SMILES string of the molecule is CC1(C)CCCN(C(=O)c2ccc(C#N)cn2)C1. The second kappa shape index (κ2) is 4.77. The smallest absolute Gasteiger partial charge is 0.272 e. The van der Waals surface area contributed by atoms with Crippen molar-refractivity contribution >= 4 is 5.91 Å².